The number of thiophene rings is 1. The Morgan fingerprint density at radius 3 is 2.46 bits per heavy atom. The Balaban J connectivity index is 2.19. The first-order chi connectivity index (χ1) is 11.3. The normalized spacial score (nSPS) is 11.7. The Hall–Kier alpha value is -1.70. The zero-order chi connectivity index (χ0) is 17.9. The van der Waals surface area contributed by atoms with Crippen molar-refractivity contribution in [1.29, 1.82) is 0 Å². The number of sulfonamides is 1. The Morgan fingerprint density at radius 1 is 1.21 bits per heavy atom. The average Bonchev–Trinajstić information content (AvgIpc) is 2.93. The van der Waals surface area contributed by atoms with E-state index in [-0.39, 0.29) is 17.3 Å². The molecule has 0 bridgehead atoms. The highest BCUT2D eigenvalue weighted by molar-refractivity contribution is 7.89. The van der Waals surface area contributed by atoms with E-state index in [4.69, 9.17) is 0 Å². The first kappa shape index (κ1) is 18.6. The molecular weight excluding hydrogens is 344 g/mol. The van der Waals surface area contributed by atoms with Gasteiger partial charge < -0.3 is 5.32 Å². The number of amides is 1. The number of benzene rings is 1. The quantitative estimate of drug-likeness (QED) is 0.855. The Labute approximate surface area is 147 Å². The van der Waals surface area contributed by atoms with E-state index < -0.39 is 10.0 Å². The van der Waals surface area contributed by atoms with Gasteiger partial charge in [-0.3, -0.25) is 4.79 Å². The van der Waals surface area contributed by atoms with Crippen LogP contribution in [-0.2, 0) is 23.0 Å². The van der Waals surface area contributed by atoms with Crippen molar-refractivity contribution in [1.82, 2.24) is 9.62 Å². The van der Waals surface area contributed by atoms with Crippen molar-refractivity contribution >= 4 is 27.3 Å². The third kappa shape index (κ3) is 3.85. The van der Waals surface area contributed by atoms with E-state index in [9.17, 15) is 13.2 Å². The van der Waals surface area contributed by atoms with Gasteiger partial charge in [0.05, 0.1) is 9.77 Å². The third-order valence-electron chi connectivity index (χ3n) is 3.80. The van der Waals surface area contributed by atoms with Gasteiger partial charge in [-0.25, -0.2) is 12.7 Å². The summed E-state index contributed by atoms with van der Waals surface area (Å²) in [6, 6.07) is 8.62. The monoisotopic (exact) mass is 366 g/mol. The standard InChI is InChI=1S/C17H22N2O3S2/c1-5-13-10-15(23-12(13)2)17(20)18-11-14-8-6-7-9-16(14)24(21,22)19(3)4/h6-10H,5,11H2,1-4H3,(H,18,20). The largest absolute Gasteiger partial charge is 0.347 e. The van der Waals surface area contributed by atoms with E-state index in [1.165, 1.54) is 35.3 Å². The van der Waals surface area contributed by atoms with E-state index in [1.54, 1.807) is 24.3 Å². The molecule has 0 aliphatic heterocycles. The smallest absolute Gasteiger partial charge is 0.261 e. The first-order valence-electron chi connectivity index (χ1n) is 7.65. The van der Waals surface area contributed by atoms with Crippen LogP contribution in [-0.4, -0.2) is 32.7 Å². The molecule has 1 aromatic carbocycles. The summed E-state index contributed by atoms with van der Waals surface area (Å²) in [7, 11) is -0.559. The van der Waals surface area contributed by atoms with Crippen LogP contribution in [0.3, 0.4) is 0 Å². The maximum absolute atomic E-state index is 12.4. The lowest BCUT2D eigenvalue weighted by atomic mass is 10.2. The molecule has 1 aromatic heterocycles. The lowest BCUT2D eigenvalue weighted by Crippen LogP contribution is -2.26. The molecule has 1 N–H and O–H groups in total. The molecule has 5 nitrogen and oxygen atoms in total. The molecule has 0 saturated carbocycles. The predicted octanol–water partition coefficient (Wildman–Crippen LogP) is 2.80. The summed E-state index contributed by atoms with van der Waals surface area (Å²) in [6.07, 6.45) is 0.888. The molecule has 1 amide bonds. The van der Waals surface area contributed by atoms with Gasteiger partial charge in [0.25, 0.3) is 5.91 Å². The van der Waals surface area contributed by atoms with Crippen molar-refractivity contribution in [3.05, 3.63) is 51.2 Å². The molecule has 2 rings (SSSR count). The molecular formula is C17H22N2O3S2. The fourth-order valence-electron chi connectivity index (χ4n) is 2.34. The number of nitrogens with one attached hydrogen (secondary N) is 1. The van der Waals surface area contributed by atoms with Crippen LogP contribution >= 0.6 is 11.3 Å². The van der Waals surface area contributed by atoms with Crippen LogP contribution in [0.1, 0.15) is 32.6 Å². The van der Waals surface area contributed by atoms with Gasteiger partial charge in [-0.05, 0) is 36.6 Å². The van der Waals surface area contributed by atoms with Crippen molar-refractivity contribution in [2.75, 3.05) is 14.1 Å². The van der Waals surface area contributed by atoms with E-state index in [2.05, 4.69) is 12.2 Å². The summed E-state index contributed by atoms with van der Waals surface area (Å²) in [5.74, 6) is -0.181. The summed E-state index contributed by atoms with van der Waals surface area (Å²) >= 11 is 1.46. The van der Waals surface area contributed by atoms with E-state index >= 15 is 0 Å². The van der Waals surface area contributed by atoms with E-state index in [0.29, 0.717) is 10.4 Å². The van der Waals surface area contributed by atoms with Crippen LogP contribution in [0.4, 0.5) is 0 Å². The second-order valence-corrected chi connectivity index (χ2v) is 9.00. The third-order valence-corrected chi connectivity index (χ3v) is 6.80. The van der Waals surface area contributed by atoms with E-state index in [0.717, 1.165) is 11.3 Å². The van der Waals surface area contributed by atoms with Gasteiger partial charge in [0.1, 0.15) is 0 Å². The topological polar surface area (TPSA) is 66.5 Å². The number of carbonyl (C=O) groups excluding carboxylic acids is 1. The fraction of sp³-hybridized carbons (Fsp3) is 0.353. The second-order valence-electron chi connectivity index (χ2n) is 5.62. The fourth-order valence-corrected chi connectivity index (χ4v) is 4.49. The summed E-state index contributed by atoms with van der Waals surface area (Å²) in [6.45, 7) is 4.22. The highest BCUT2D eigenvalue weighted by Gasteiger charge is 2.21. The van der Waals surface area contributed by atoms with Gasteiger partial charge in [0, 0.05) is 25.5 Å². The number of aryl methyl sites for hydroxylation is 2. The Kier molecular flexibility index (Phi) is 5.79. The number of carbonyl (C=O) groups is 1. The minimum Gasteiger partial charge on any atom is -0.347 e. The lowest BCUT2D eigenvalue weighted by molar-refractivity contribution is 0.0954. The Morgan fingerprint density at radius 2 is 1.88 bits per heavy atom. The minimum atomic E-state index is -3.54. The van der Waals surface area contributed by atoms with Crippen LogP contribution in [0.5, 0.6) is 0 Å². The van der Waals surface area contributed by atoms with E-state index in [1.807, 2.05) is 13.0 Å². The average molecular weight is 367 g/mol. The minimum absolute atomic E-state index is 0.167. The number of rotatable bonds is 6. The van der Waals surface area contributed by atoms with Crippen LogP contribution in [0.15, 0.2) is 35.2 Å². The predicted molar refractivity (Wildman–Crippen MR) is 96.9 cm³/mol. The van der Waals surface area contributed by atoms with Crippen LogP contribution in [0.25, 0.3) is 0 Å². The van der Waals surface area contributed by atoms with Gasteiger partial charge in [0.2, 0.25) is 10.0 Å². The molecule has 7 heteroatoms. The molecule has 24 heavy (non-hydrogen) atoms. The molecule has 0 unspecified atom stereocenters. The molecule has 0 atom stereocenters. The number of hydrogen-bond donors (Lipinski definition) is 1. The van der Waals surface area contributed by atoms with Crippen molar-refractivity contribution in [2.24, 2.45) is 0 Å². The summed E-state index contributed by atoms with van der Waals surface area (Å²) < 4.78 is 25.9. The first-order valence-corrected chi connectivity index (χ1v) is 9.91. The summed E-state index contributed by atoms with van der Waals surface area (Å²) in [4.78, 5) is 14.3. The van der Waals surface area contributed by atoms with Crippen molar-refractivity contribution in [2.45, 2.75) is 31.7 Å². The van der Waals surface area contributed by atoms with Gasteiger partial charge in [-0.15, -0.1) is 11.3 Å². The van der Waals surface area contributed by atoms with Gasteiger partial charge >= 0.3 is 0 Å². The molecule has 0 spiro atoms. The molecule has 0 aliphatic rings. The summed E-state index contributed by atoms with van der Waals surface area (Å²) in [5.41, 5.74) is 1.74. The van der Waals surface area contributed by atoms with Crippen molar-refractivity contribution < 1.29 is 13.2 Å². The molecule has 0 radical (unpaired) electrons. The SMILES string of the molecule is CCc1cc(C(=O)NCc2ccccc2S(=O)(=O)N(C)C)sc1C. The van der Waals surface area contributed by atoms with Gasteiger partial charge in [-0.2, -0.15) is 0 Å². The molecule has 0 fully saturated rings. The van der Waals surface area contributed by atoms with Crippen molar-refractivity contribution in [3.8, 4) is 0 Å². The maximum Gasteiger partial charge on any atom is 0.261 e. The zero-order valence-electron chi connectivity index (χ0n) is 14.3. The van der Waals surface area contributed by atoms with Gasteiger partial charge in [-0.1, -0.05) is 25.1 Å². The molecule has 130 valence electrons. The van der Waals surface area contributed by atoms with Crippen LogP contribution in [0.2, 0.25) is 0 Å². The zero-order valence-corrected chi connectivity index (χ0v) is 15.9. The van der Waals surface area contributed by atoms with Gasteiger partial charge in [0.15, 0.2) is 0 Å². The highest BCUT2D eigenvalue weighted by atomic mass is 32.2. The molecule has 0 aliphatic carbocycles. The maximum atomic E-state index is 12.4. The second kappa shape index (κ2) is 7.46. The number of hydrogen-bond acceptors (Lipinski definition) is 4. The molecule has 2 aromatic rings. The van der Waals surface area contributed by atoms with Crippen molar-refractivity contribution in [3.63, 3.8) is 0 Å². The Bertz CT molecular complexity index is 839. The van der Waals surface area contributed by atoms with Crippen LogP contribution < -0.4 is 5.32 Å². The van der Waals surface area contributed by atoms with Crippen LogP contribution in [0, 0.1) is 6.92 Å². The summed E-state index contributed by atoms with van der Waals surface area (Å²) in [5, 5.41) is 2.82. The molecule has 0 saturated heterocycles. The lowest BCUT2D eigenvalue weighted by Gasteiger charge is -2.15. The molecule has 1 heterocycles. The number of nitrogens with zero attached hydrogens (tertiary/aromatic N) is 1. The highest BCUT2D eigenvalue weighted by Crippen LogP contribution is 2.22.